The highest BCUT2D eigenvalue weighted by atomic mass is 16.5. The molecule has 1 amide bonds. The van der Waals surface area contributed by atoms with Crippen molar-refractivity contribution in [2.24, 2.45) is 0 Å². The maximum absolute atomic E-state index is 12.7. The fourth-order valence-electron chi connectivity index (χ4n) is 4.91. The van der Waals surface area contributed by atoms with E-state index in [9.17, 15) is 9.59 Å². The van der Waals surface area contributed by atoms with Crippen LogP contribution in [-0.2, 0) is 26.8 Å². The number of H-pyrrole nitrogens is 1. The Morgan fingerprint density at radius 1 is 1.14 bits per heavy atom. The van der Waals surface area contributed by atoms with Crippen LogP contribution in [0.4, 0.5) is 0 Å². The zero-order valence-corrected chi connectivity index (χ0v) is 18.1. The number of hydrogen-bond donors (Lipinski definition) is 1. The van der Waals surface area contributed by atoms with E-state index in [2.05, 4.69) is 30.7 Å². The van der Waals surface area contributed by atoms with Gasteiger partial charge in [-0.05, 0) is 25.7 Å². The SMILES string of the molecule is CC(C)(C)c1nc2c(c(=O)[nH]1)CCC21CCN(C(=O)CCN2CCOCC2)CC1. The van der Waals surface area contributed by atoms with Crippen LogP contribution in [-0.4, -0.2) is 71.6 Å². The fraction of sp³-hybridized carbons (Fsp3) is 0.773. The Morgan fingerprint density at radius 2 is 1.83 bits per heavy atom. The number of likely N-dealkylation sites (tertiary alicyclic amines) is 1. The van der Waals surface area contributed by atoms with Crippen LogP contribution in [0, 0.1) is 0 Å². The van der Waals surface area contributed by atoms with E-state index in [0.29, 0.717) is 6.42 Å². The third-order valence-electron chi connectivity index (χ3n) is 6.90. The van der Waals surface area contributed by atoms with Crippen molar-refractivity contribution >= 4 is 5.91 Å². The number of carbonyl (C=O) groups is 1. The van der Waals surface area contributed by atoms with Gasteiger partial charge >= 0.3 is 0 Å². The zero-order valence-electron chi connectivity index (χ0n) is 18.1. The molecule has 3 heterocycles. The van der Waals surface area contributed by atoms with Crippen LogP contribution in [0.3, 0.4) is 0 Å². The number of aromatic amines is 1. The number of amides is 1. The minimum atomic E-state index is -0.186. The number of aromatic nitrogens is 2. The molecule has 4 rings (SSSR count). The lowest BCUT2D eigenvalue weighted by Gasteiger charge is -2.40. The lowest BCUT2D eigenvalue weighted by Crippen LogP contribution is -2.46. The van der Waals surface area contributed by atoms with Crippen LogP contribution >= 0.6 is 0 Å². The molecule has 0 atom stereocenters. The largest absolute Gasteiger partial charge is 0.379 e. The molecule has 0 saturated carbocycles. The molecule has 0 unspecified atom stereocenters. The van der Waals surface area contributed by atoms with E-state index in [1.165, 1.54) is 0 Å². The molecule has 2 aliphatic heterocycles. The first kappa shape index (κ1) is 20.5. The van der Waals surface area contributed by atoms with Crippen LogP contribution in [0.25, 0.3) is 0 Å². The highest BCUT2D eigenvalue weighted by Crippen LogP contribution is 2.44. The van der Waals surface area contributed by atoms with Crippen LogP contribution in [0.2, 0.25) is 0 Å². The predicted octanol–water partition coefficient (Wildman–Crippen LogP) is 1.60. The van der Waals surface area contributed by atoms with Crippen molar-refractivity contribution in [1.82, 2.24) is 19.8 Å². The Labute approximate surface area is 172 Å². The summed E-state index contributed by atoms with van der Waals surface area (Å²) < 4.78 is 5.38. The van der Waals surface area contributed by atoms with E-state index in [1.54, 1.807) is 0 Å². The number of fused-ring (bicyclic) bond motifs is 2. The van der Waals surface area contributed by atoms with E-state index < -0.39 is 0 Å². The van der Waals surface area contributed by atoms with Gasteiger partial charge in [0.1, 0.15) is 5.82 Å². The van der Waals surface area contributed by atoms with E-state index in [0.717, 1.165) is 88.7 Å². The molecule has 1 N–H and O–H groups in total. The summed E-state index contributed by atoms with van der Waals surface area (Å²) in [4.78, 5) is 37.6. The van der Waals surface area contributed by atoms with Crippen molar-refractivity contribution in [1.29, 1.82) is 0 Å². The first-order chi connectivity index (χ1) is 13.8. The van der Waals surface area contributed by atoms with Gasteiger partial charge in [-0.15, -0.1) is 0 Å². The molecule has 7 heteroatoms. The normalized spacial score (nSPS) is 22.1. The van der Waals surface area contributed by atoms with Crippen molar-refractivity contribution in [3.05, 3.63) is 27.4 Å². The second-order valence-corrected chi connectivity index (χ2v) is 9.86. The summed E-state index contributed by atoms with van der Waals surface area (Å²) in [6.45, 7) is 12.0. The lowest BCUT2D eigenvalue weighted by atomic mass is 9.76. The molecule has 3 aliphatic rings. The van der Waals surface area contributed by atoms with Gasteiger partial charge in [0, 0.05) is 55.5 Å². The molecule has 0 radical (unpaired) electrons. The smallest absolute Gasteiger partial charge is 0.254 e. The Morgan fingerprint density at radius 3 is 2.48 bits per heavy atom. The summed E-state index contributed by atoms with van der Waals surface area (Å²) in [7, 11) is 0. The molecule has 1 spiro atoms. The number of nitrogens with one attached hydrogen (secondary N) is 1. The van der Waals surface area contributed by atoms with E-state index in [1.807, 2.05) is 4.90 Å². The van der Waals surface area contributed by atoms with E-state index in [4.69, 9.17) is 9.72 Å². The van der Waals surface area contributed by atoms with Gasteiger partial charge in [0.25, 0.3) is 5.56 Å². The highest BCUT2D eigenvalue weighted by molar-refractivity contribution is 5.76. The van der Waals surface area contributed by atoms with E-state index in [-0.39, 0.29) is 22.3 Å². The molecule has 1 aromatic heterocycles. The molecule has 7 nitrogen and oxygen atoms in total. The number of piperidine rings is 1. The Hall–Kier alpha value is -1.73. The second-order valence-electron chi connectivity index (χ2n) is 9.86. The Balaban J connectivity index is 1.42. The molecule has 160 valence electrons. The maximum Gasteiger partial charge on any atom is 0.254 e. The molecule has 0 aromatic carbocycles. The van der Waals surface area contributed by atoms with Gasteiger partial charge in [-0.2, -0.15) is 0 Å². The molecule has 1 aliphatic carbocycles. The Kier molecular flexibility index (Phi) is 5.55. The van der Waals surface area contributed by atoms with Crippen LogP contribution in [0.5, 0.6) is 0 Å². The third-order valence-corrected chi connectivity index (χ3v) is 6.90. The second kappa shape index (κ2) is 7.84. The number of carbonyl (C=O) groups excluding carboxylic acids is 1. The molecular formula is C22H34N4O3. The number of rotatable bonds is 3. The predicted molar refractivity (Wildman–Crippen MR) is 111 cm³/mol. The molecule has 1 aromatic rings. The van der Waals surface area contributed by atoms with Crippen LogP contribution in [0.15, 0.2) is 4.79 Å². The van der Waals surface area contributed by atoms with Crippen molar-refractivity contribution in [3.63, 3.8) is 0 Å². The van der Waals surface area contributed by atoms with Gasteiger partial charge in [0.15, 0.2) is 0 Å². The van der Waals surface area contributed by atoms with Gasteiger partial charge < -0.3 is 14.6 Å². The third kappa shape index (κ3) is 4.12. The zero-order chi connectivity index (χ0) is 20.6. The molecule has 2 fully saturated rings. The van der Waals surface area contributed by atoms with Crippen molar-refractivity contribution in [3.8, 4) is 0 Å². The topological polar surface area (TPSA) is 78.5 Å². The summed E-state index contributed by atoms with van der Waals surface area (Å²) in [5, 5.41) is 0. The standard InChI is InChI=1S/C22H34N4O3/c1-21(2,3)20-23-18-16(19(28)24-20)4-6-22(18)7-10-26(11-8-22)17(27)5-9-25-12-14-29-15-13-25/h4-15H2,1-3H3,(H,23,24,28). The average Bonchev–Trinajstić information content (AvgIpc) is 3.05. The first-order valence-corrected chi connectivity index (χ1v) is 11.0. The minimum absolute atomic E-state index is 0.0285. The van der Waals surface area contributed by atoms with Gasteiger partial charge in [-0.1, -0.05) is 20.8 Å². The van der Waals surface area contributed by atoms with Gasteiger partial charge in [-0.3, -0.25) is 14.5 Å². The summed E-state index contributed by atoms with van der Waals surface area (Å²) in [5.41, 5.74) is 1.68. The van der Waals surface area contributed by atoms with Gasteiger partial charge in [0.05, 0.1) is 18.9 Å². The summed E-state index contributed by atoms with van der Waals surface area (Å²) in [5.74, 6) is 1.02. The van der Waals surface area contributed by atoms with E-state index >= 15 is 0 Å². The molecule has 29 heavy (non-hydrogen) atoms. The first-order valence-electron chi connectivity index (χ1n) is 11.0. The van der Waals surface area contributed by atoms with Gasteiger partial charge in [-0.25, -0.2) is 4.98 Å². The van der Waals surface area contributed by atoms with Crippen molar-refractivity contribution in [2.45, 2.75) is 63.7 Å². The number of ether oxygens (including phenoxy) is 1. The quantitative estimate of drug-likeness (QED) is 0.831. The average molecular weight is 403 g/mol. The Bertz CT molecular complexity index is 812. The maximum atomic E-state index is 12.7. The number of hydrogen-bond acceptors (Lipinski definition) is 5. The van der Waals surface area contributed by atoms with Crippen molar-refractivity contribution in [2.75, 3.05) is 45.9 Å². The van der Waals surface area contributed by atoms with Crippen molar-refractivity contribution < 1.29 is 9.53 Å². The van der Waals surface area contributed by atoms with Crippen LogP contribution in [0.1, 0.15) is 63.5 Å². The minimum Gasteiger partial charge on any atom is -0.379 e. The summed E-state index contributed by atoms with van der Waals surface area (Å²) >= 11 is 0. The number of nitrogens with zero attached hydrogens (tertiary/aromatic N) is 3. The van der Waals surface area contributed by atoms with Crippen LogP contribution < -0.4 is 5.56 Å². The summed E-state index contributed by atoms with van der Waals surface area (Å²) in [6, 6.07) is 0. The highest BCUT2D eigenvalue weighted by Gasteiger charge is 2.45. The van der Waals surface area contributed by atoms with Gasteiger partial charge in [0.2, 0.25) is 5.91 Å². The summed E-state index contributed by atoms with van der Waals surface area (Å²) in [6.07, 6.45) is 4.16. The number of morpholine rings is 1. The monoisotopic (exact) mass is 402 g/mol. The molecule has 2 saturated heterocycles. The lowest BCUT2D eigenvalue weighted by molar-refractivity contribution is -0.133. The fourth-order valence-corrected chi connectivity index (χ4v) is 4.91. The molecular weight excluding hydrogens is 368 g/mol. The molecule has 0 bridgehead atoms.